The first kappa shape index (κ1) is 7.53. The molecule has 0 rings (SSSR count). The number of methoxy groups -OCH3 is 1. The van der Waals surface area contributed by atoms with E-state index in [1.807, 2.05) is 0 Å². The fourth-order valence-electron chi connectivity index (χ4n) is 0.175. The van der Waals surface area contributed by atoms with Gasteiger partial charge in [0.25, 0.3) is 6.16 Å². The monoisotopic (exact) mass is 137 g/mol. The summed E-state index contributed by atoms with van der Waals surface area (Å²) in [6.45, 7) is 0. The molecular weight excluding hydrogens is 131 g/mol. The molecule has 0 aliphatic heterocycles. The zero-order valence-electron chi connectivity index (χ0n) is 4.33. The third kappa shape index (κ3) is 3.71. The van der Waals surface area contributed by atoms with E-state index in [9.17, 15) is 9.36 Å². The Morgan fingerprint density at radius 3 is 2.50 bits per heavy atom. The van der Waals surface area contributed by atoms with Gasteiger partial charge in [-0.1, -0.05) is 0 Å². The van der Waals surface area contributed by atoms with Crippen LogP contribution in [0.4, 0.5) is 0 Å². The number of esters is 1. The van der Waals surface area contributed by atoms with E-state index in [1.54, 1.807) is 0 Å². The zero-order valence-corrected chi connectivity index (χ0v) is 5.22. The Kier molecular flexibility index (Phi) is 3.31. The number of carbonyl (C=O) groups excluding carboxylic acids is 1. The lowest BCUT2D eigenvalue weighted by atomic mass is 10.8. The Bertz CT molecular complexity index is 110. The smallest absolute Gasteiger partial charge is 0.466 e. The van der Waals surface area contributed by atoms with Crippen LogP contribution in [-0.2, 0) is 14.1 Å². The summed E-state index contributed by atoms with van der Waals surface area (Å²) in [5.74, 6) is -0.659. The third-order valence-electron chi connectivity index (χ3n) is 0.492. The van der Waals surface area contributed by atoms with E-state index in [0.29, 0.717) is 0 Å². The molecule has 0 aromatic carbocycles. The average molecular weight is 137 g/mol. The molecule has 0 saturated carbocycles. The first-order valence-electron chi connectivity index (χ1n) is 1.87. The first-order valence-corrected chi connectivity index (χ1v) is 3.27. The van der Waals surface area contributed by atoms with Crippen molar-refractivity contribution >= 4 is 14.0 Å². The standard InChI is InChI=1S/C3H5O4P/c1-7-3(4)2-8(5)6/h2H2,1H3/p+1. The van der Waals surface area contributed by atoms with Gasteiger partial charge in [-0.15, -0.1) is 0 Å². The minimum Gasteiger partial charge on any atom is -0.466 e. The SMILES string of the molecule is COC(=O)C[P+](=O)O. The van der Waals surface area contributed by atoms with Gasteiger partial charge in [0, 0.05) is 0 Å². The Labute approximate surface area is 47.3 Å². The van der Waals surface area contributed by atoms with Gasteiger partial charge in [-0.25, -0.2) is 4.79 Å². The van der Waals surface area contributed by atoms with Crippen molar-refractivity contribution in [2.24, 2.45) is 0 Å². The number of hydrogen-bond donors (Lipinski definition) is 1. The summed E-state index contributed by atoms with van der Waals surface area (Å²) in [6, 6.07) is 0. The van der Waals surface area contributed by atoms with Gasteiger partial charge in [0.05, 0.1) is 7.11 Å². The second-order valence-corrected chi connectivity index (χ2v) is 2.11. The molecule has 0 aliphatic carbocycles. The second-order valence-electron chi connectivity index (χ2n) is 1.09. The number of rotatable bonds is 2. The molecule has 0 saturated heterocycles. The van der Waals surface area contributed by atoms with E-state index in [-0.39, 0.29) is 0 Å². The summed E-state index contributed by atoms with van der Waals surface area (Å²) in [5.41, 5.74) is 0. The molecule has 0 bridgehead atoms. The summed E-state index contributed by atoms with van der Waals surface area (Å²) in [6.07, 6.45) is -0.411. The predicted molar refractivity (Wildman–Crippen MR) is 26.7 cm³/mol. The van der Waals surface area contributed by atoms with E-state index in [1.165, 1.54) is 7.11 Å². The highest BCUT2D eigenvalue weighted by atomic mass is 31.1. The van der Waals surface area contributed by atoms with Crippen LogP contribution >= 0.6 is 8.03 Å². The van der Waals surface area contributed by atoms with Crippen LogP contribution in [0.1, 0.15) is 0 Å². The third-order valence-corrected chi connectivity index (χ3v) is 1.02. The van der Waals surface area contributed by atoms with Gasteiger partial charge in [0.15, 0.2) is 0 Å². The van der Waals surface area contributed by atoms with Crippen molar-refractivity contribution in [2.45, 2.75) is 0 Å². The van der Waals surface area contributed by atoms with Crippen molar-refractivity contribution in [2.75, 3.05) is 13.3 Å². The zero-order chi connectivity index (χ0) is 6.57. The minimum absolute atomic E-state index is 0.411. The summed E-state index contributed by atoms with van der Waals surface area (Å²) >= 11 is 0. The van der Waals surface area contributed by atoms with Crippen LogP contribution < -0.4 is 0 Å². The van der Waals surface area contributed by atoms with E-state index in [4.69, 9.17) is 4.89 Å². The molecule has 0 fully saturated rings. The molecular formula is C3H6O4P+. The summed E-state index contributed by atoms with van der Waals surface area (Å²) < 4.78 is 13.9. The molecule has 5 heteroatoms. The van der Waals surface area contributed by atoms with Crippen molar-refractivity contribution in [1.82, 2.24) is 0 Å². The van der Waals surface area contributed by atoms with Crippen molar-refractivity contribution in [3.05, 3.63) is 0 Å². The Balaban J connectivity index is 3.40. The quantitative estimate of drug-likeness (QED) is 0.426. The van der Waals surface area contributed by atoms with Gasteiger partial charge in [0.2, 0.25) is 0 Å². The molecule has 0 amide bonds. The lowest BCUT2D eigenvalue weighted by Crippen LogP contribution is -2.02. The first-order chi connectivity index (χ1) is 3.66. The largest absolute Gasteiger partial charge is 0.517 e. The van der Waals surface area contributed by atoms with E-state index in [2.05, 4.69) is 4.74 Å². The molecule has 0 aromatic heterocycles. The van der Waals surface area contributed by atoms with Crippen LogP contribution in [0.2, 0.25) is 0 Å². The predicted octanol–water partition coefficient (Wildman–Crippen LogP) is -0.106. The fraction of sp³-hybridized carbons (Fsp3) is 0.667. The average Bonchev–Trinajstić information content (AvgIpc) is 1.65. The van der Waals surface area contributed by atoms with E-state index in [0.717, 1.165) is 0 Å². The highest BCUT2D eigenvalue weighted by Gasteiger charge is 2.17. The van der Waals surface area contributed by atoms with Gasteiger partial charge in [0.1, 0.15) is 0 Å². The van der Waals surface area contributed by atoms with Gasteiger partial charge < -0.3 is 4.74 Å². The van der Waals surface area contributed by atoms with Crippen LogP contribution in [0.25, 0.3) is 0 Å². The fourth-order valence-corrected chi connectivity index (χ4v) is 0.525. The Hall–Kier alpha value is -0.470. The summed E-state index contributed by atoms with van der Waals surface area (Å²) in [7, 11) is -1.20. The number of hydrogen-bond acceptors (Lipinski definition) is 3. The van der Waals surface area contributed by atoms with Crippen molar-refractivity contribution in [1.29, 1.82) is 0 Å². The van der Waals surface area contributed by atoms with E-state index < -0.39 is 20.2 Å². The molecule has 0 aromatic rings. The maximum absolute atomic E-state index is 10.1. The topological polar surface area (TPSA) is 63.6 Å². The molecule has 46 valence electrons. The van der Waals surface area contributed by atoms with Crippen LogP contribution in [0.5, 0.6) is 0 Å². The van der Waals surface area contributed by atoms with Crippen LogP contribution in [0, 0.1) is 0 Å². The van der Waals surface area contributed by atoms with Crippen LogP contribution in [-0.4, -0.2) is 24.1 Å². The van der Waals surface area contributed by atoms with Gasteiger partial charge in [-0.05, 0) is 4.57 Å². The number of ether oxygens (including phenoxy) is 1. The highest BCUT2D eigenvalue weighted by molar-refractivity contribution is 7.39. The molecule has 1 atom stereocenters. The molecule has 1 N–H and O–H groups in total. The number of carbonyl (C=O) groups is 1. The normalized spacial score (nSPS) is 10.5. The van der Waals surface area contributed by atoms with Crippen LogP contribution in [0.3, 0.4) is 0 Å². The maximum Gasteiger partial charge on any atom is 0.517 e. The lowest BCUT2D eigenvalue weighted by Gasteiger charge is -1.83. The molecule has 0 spiro atoms. The second kappa shape index (κ2) is 3.52. The van der Waals surface area contributed by atoms with Crippen molar-refractivity contribution < 1.29 is 19.0 Å². The Morgan fingerprint density at radius 2 is 2.38 bits per heavy atom. The van der Waals surface area contributed by atoms with Gasteiger partial charge in [-0.2, -0.15) is 4.89 Å². The minimum atomic E-state index is -2.37. The summed E-state index contributed by atoms with van der Waals surface area (Å²) in [5, 5.41) is 0. The molecule has 0 radical (unpaired) electrons. The molecule has 8 heavy (non-hydrogen) atoms. The lowest BCUT2D eigenvalue weighted by molar-refractivity contribution is -0.137. The van der Waals surface area contributed by atoms with Gasteiger partial charge >= 0.3 is 14.0 Å². The highest BCUT2D eigenvalue weighted by Crippen LogP contribution is 2.10. The van der Waals surface area contributed by atoms with Crippen LogP contribution in [0.15, 0.2) is 0 Å². The molecule has 4 nitrogen and oxygen atoms in total. The maximum atomic E-state index is 10.1. The molecule has 0 heterocycles. The van der Waals surface area contributed by atoms with Gasteiger partial charge in [-0.3, -0.25) is 0 Å². The van der Waals surface area contributed by atoms with E-state index >= 15 is 0 Å². The molecule has 0 aliphatic rings. The Morgan fingerprint density at radius 1 is 1.88 bits per heavy atom. The molecule has 1 unspecified atom stereocenters. The summed E-state index contributed by atoms with van der Waals surface area (Å²) in [4.78, 5) is 18.1. The van der Waals surface area contributed by atoms with Crippen molar-refractivity contribution in [3.63, 3.8) is 0 Å². The van der Waals surface area contributed by atoms with Crippen molar-refractivity contribution in [3.8, 4) is 0 Å².